The van der Waals surface area contributed by atoms with Crippen molar-refractivity contribution in [3.05, 3.63) is 0 Å². The summed E-state index contributed by atoms with van der Waals surface area (Å²) in [5.74, 6) is 0. The van der Waals surface area contributed by atoms with Gasteiger partial charge in [0, 0.05) is 0 Å². The van der Waals surface area contributed by atoms with Gasteiger partial charge in [0.05, 0.1) is 0 Å². The van der Waals surface area contributed by atoms with Crippen molar-refractivity contribution in [1.82, 2.24) is 0 Å². The van der Waals surface area contributed by atoms with Gasteiger partial charge in [0.2, 0.25) is 9.76 Å². The molecule has 0 rings (SSSR count). The third kappa shape index (κ3) is 8.69. The predicted octanol–water partition coefficient (Wildman–Crippen LogP) is 4.03. The Morgan fingerprint density at radius 1 is 1.06 bits per heavy atom. The van der Waals surface area contributed by atoms with Crippen LogP contribution in [0.15, 0.2) is 0 Å². The summed E-state index contributed by atoms with van der Waals surface area (Å²) >= 11 is 0. The van der Waals surface area contributed by atoms with Crippen LogP contribution >= 0.6 is 0 Å². The highest BCUT2D eigenvalue weighted by Crippen LogP contribution is 2.28. The van der Waals surface area contributed by atoms with Gasteiger partial charge in [-0.2, -0.15) is 0 Å². The molecule has 0 amide bonds. The lowest BCUT2D eigenvalue weighted by molar-refractivity contribution is 0.371. The van der Waals surface area contributed by atoms with Crippen molar-refractivity contribution >= 4 is 26.6 Å². The highest BCUT2D eigenvalue weighted by Gasteiger charge is 2.34. The van der Waals surface area contributed by atoms with Crippen molar-refractivity contribution in [2.75, 3.05) is 0 Å². The van der Waals surface area contributed by atoms with E-state index in [0.29, 0.717) is 15.2 Å². The van der Waals surface area contributed by atoms with Crippen LogP contribution in [-0.4, -0.2) is 26.6 Å². The lowest BCUT2D eigenvalue weighted by Crippen LogP contribution is -2.47. The van der Waals surface area contributed by atoms with Crippen molar-refractivity contribution in [1.29, 1.82) is 0 Å². The third-order valence-corrected chi connectivity index (χ3v) is 10.8. The van der Waals surface area contributed by atoms with Crippen LogP contribution in [0.4, 0.5) is 0 Å². The Labute approximate surface area is 106 Å². The Balaban J connectivity index is 4.23. The molecule has 0 atom stereocenters. The zero-order valence-corrected chi connectivity index (χ0v) is 15.2. The molecule has 0 N–H and O–H groups in total. The number of hydrogen-bond donors (Lipinski definition) is 0. The molecule has 0 aliphatic carbocycles. The van der Waals surface area contributed by atoms with E-state index in [0.717, 1.165) is 0 Å². The molecule has 16 heavy (non-hydrogen) atoms. The zero-order chi connectivity index (χ0) is 13.0. The molecular formula is C11H28O2Si3. The van der Waals surface area contributed by atoms with Crippen LogP contribution in [0.1, 0.15) is 27.2 Å². The van der Waals surface area contributed by atoms with Crippen molar-refractivity contribution in [2.24, 2.45) is 5.41 Å². The molecule has 0 aliphatic heterocycles. The molecule has 2 nitrogen and oxygen atoms in total. The molecule has 2 radical (unpaired) electrons. The second-order valence-corrected chi connectivity index (χ2v) is 15.5. The minimum absolute atomic E-state index is 0.409. The van der Waals surface area contributed by atoms with Gasteiger partial charge in [0.25, 0.3) is 0 Å². The van der Waals surface area contributed by atoms with E-state index in [4.69, 9.17) is 8.23 Å². The largest absolute Gasteiger partial charge is 0.437 e. The quantitative estimate of drug-likeness (QED) is 0.682. The molecule has 0 bridgehead atoms. The highest BCUT2D eigenvalue weighted by atomic mass is 28.5. The summed E-state index contributed by atoms with van der Waals surface area (Å²) < 4.78 is 12.1. The minimum atomic E-state index is -1.86. The molecule has 0 heterocycles. The summed E-state index contributed by atoms with van der Waals surface area (Å²) in [4.78, 5) is 0. The van der Waals surface area contributed by atoms with E-state index in [1.807, 2.05) is 0 Å². The maximum Gasteiger partial charge on any atom is 0.310 e. The smallest absolute Gasteiger partial charge is 0.310 e. The maximum atomic E-state index is 6.32. The van der Waals surface area contributed by atoms with Crippen molar-refractivity contribution in [2.45, 2.75) is 66.0 Å². The van der Waals surface area contributed by atoms with Crippen molar-refractivity contribution in [3.8, 4) is 0 Å². The van der Waals surface area contributed by atoms with E-state index in [9.17, 15) is 0 Å². The van der Waals surface area contributed by atoms with Crippen LogP contribution in [0.25, 0.3) is 0 Å². The van der Waals surface area contributed by atoms with Crippen LogP contribution in [-0.2, 0) is 8.23 Å². The highest BCUT2D eigenvalue weighted by molar-refractivity contribution is 6.83. The standard InChI is InChI=1S/C11H28O2Si3/c1-11(2,3)9-10-15(5,6)13-16(7,8)12-14-4/h9-10H2,1-8H3. The lowest BCUT2D eigenvalue weighted by atomic mass is 9.94. The zero-order valence-electron chi connectivity index (χ0n) is 12.2. The summed E-state index contributed by atoms with van der Waals surface area (Å²) in [6, 6.07) is 1.23. The molecule has 0 aromatic heterocycles. The minimum Gasteiger partial charge on any atom is -0.437 e. The second-order valence-electron chi connectivity index (χ2n) is 6.63. The van der Waals surface area contributed by atoms with Crippen LogP contribution < -0.4 is 0 Å². The summed E-state index contributed by atoms with van der Waals surface area (Å²) in [7, 11) is -2.86. The topological polar surface area (TPSA) is 18.5 Å². The first-order chi connectivity index (χ1) is 6.97. The third-order valence-electron chi connectivity index (χ3n) is 2.35. The molecule has 0 saturated heterocycles. The van der Waals surface area contributed by atoms with Gasteiger partial charge in [-0.15, -0.1) is 0 Å². The van der Waals surface area contributed by atoms with Gasteiger partial charge in [-0.25, -0.2) is 0 Å². The normalized spacial score (nSPS) is 14.2. The summed E-state index contributed by atoms with van der Waals surface area (Å²) in [5, 5.41) is 0. The molecule has 0 saturated carbocycles. The Morgan fingerprint density at radius 2 is 1.56 bits per heavy atom. The first-order valence-electron chi connectivity index (χ1n) is 6.02. The first kappa shape index (κ1) is 16.6. The predicted molar refractivity (Wildman–Crippen MR) is 77.6 cm³/mol. The molecule has 0 aromatic rings. The average molecular weight is 277 g/mol. The summed E-state index contributed by atoms with van der Waals surface area (Å²) in [6.45, 7) is 17.9. The molecule has 0 aliphatic rings. The molecule has 0 unspecified atom stereocenters. The van der Waals surface area contributed by atoms with E-state index < -0.39 is 16.9 Å². The van der Waals surface area contributed by atoms with E-state index >= 15 is 0 Å². The lowest BCUT2D eigenvalue weighted by Gasteiger charge is -2.34. The van der Waals surface area contributed by atoms with E-state index in [1.54, 1.807) is 0 Å². The second kappa shape index (κ2) is 5.95. The van der Waals surface area contributed by atoms with Gasteiger partial charge in [-0.3, -0.25) is 0 Å². The van der Waals surface area contributed by atoms with Crippen LogP contribution in [0.3, 0.4) is 0 Å². The summed E-state index contributed by atoms with van der Waals surface area (Å²) in [5.41, 5.74) is 0.409. The molecule has 96 valence electrons. The van der Waals surface area contributed by atoms with E-state index in [2.05, 4.69) is 53.5 Å². The fraction of sp³-hybridized carbons (Fsp3) is 1.00. The Bertz CT molecular complexity index is 210. The van der Waals surface area contributed by atoms with Crippen molar-refractivity contribution < 1.29 is 8.23 Å². The van der Waals surface area contributed by atoms with Gasteiger partial charge in [-0.1, -0.05) is 20.8 Å². The van der Waals surface area contributed by atoms with Gasteiger partial charge >= 0.3 is 8.56 Å². The molecule has 0 fully saturated rings. The Kier molecular flexibility index (Phi) is 6.16. The van der Waals surface area contributed by atoms with E-state index in [1.165, 1.54) is 12.5 Å². The average Bonchev–Trinajstić information content (AvgIpc) is 1.97. The van der Waals surface area contributed by atoms with Gasteiger partial charge in [-0.05, 0) is 50.6 Å². The Hall–Kier alpha value is 0.571. The SMILES string of the molecule is C[Si]O[Si](C)(C)O[Si](C)(C)CCC(C)(C)C. The van der Waals surface area contributed by atoms with Gasteiger partial charge in [0.15, 0.2) is 8.32 Å². The Morgan fingerprint density at radius 3 is 1.94 bits per heavy atom. The number of hydrogen-bond acceptors (Lipinski definition) is 2. The molecule has 0 aromatic carbocycles. The van der Waals surface area contributed by atoms with Crippen LogP contribution in [0.5, 0.6) is 0 Å². The van der Waals surface area contributed by atoms with Crippen LogP contribution in [0.2, 0.25) is 38.8 Å². The molecular weight excluding hydrogens is 248 g/mol. The monoisotopic (exact) mass is 276 g/mol. The van der Waals surface area contributed by atoms with Gasteiger partial charge in [0.1, 0.15) is 0 Å². The van der Waals surface area contributed by atoms with Crippen LogP contribution in [0, 0.1) is 5.41 Å². The number of rotatable bonds is 6. The molecule has 0 spiro atoms. The fourth-order valence-electron chi connectivity index (χ4n) is 1.66. The van der Waals surface area contributed by atoms with Gasteiger partial charge < -0.3 is 8.23 Å². The van der Waals surface area contributed by atoms with E-state index in [-0.39, 0.29) is 0 Å². The maximum absolute atomic E-state index is 6.32. The fourth-order valence-corrected chi connectivity index (χ4v) is 11.3. The molecule has 5 heteroatoms. The summed E-state index contributed by atoms with van der Waals surface area (Å²) in [6.07, 6.45) is 1.24. The first-order valence-corrected chi connectivity index (χ1v) is 13.4. The van der Waals surface area contributed by atoms with Crippen molar-refractivity contribution in [3.63, 3.8) is 0 Å².